The molecule has 6 heteroatoms. The molecule has 0 radical (unpaired) electrons. The molecule has 0 spiro atoms. The van der Waals surface area contributed by atoms with Gasteiger partial charge in [-0.3, -0.25) is 4.79 Å². The minimum Gasteiger partial charge on any atom is -0.469 e. The summed E-state index contributed by atoms with van der Waals surface area (Å²) in [5.74, 6) is 0.204. The van der Waals surface area contributed by atoms with Crippen LogP contribution in [0.3, 0.4) is 0 Å². The van der Waals surface area contributed by atoms with Gasteiger partial charge in [0.1, 0.15) is 0 Å². The summed E-state index contributed by atoms with van der Waals surface area (Å²) < 4.78 is 30.2. The van der Waals surface area contributed by atoms with Gasteiger partial charge in [-0.2, -0.15) is 0 Å². The molecule has 0 unspecified atom stereocenters. The molecule has 0 aromatic heterocycles. The van der Waals surface area contributed by atoms with Gasteiger partial charge in [0.15, 0.2) is 0 Å². The fourth-order valence-electron chi connectivity index (χ4n) is 2.03. The number of carbonyl (C=O) groups is 1. The standard InChI is InChI=1S/C12H23NO4S/c1-3-13(10-11-6-4-7-11)18(15,16)9-5-8-12(14)17-2/h11H,3-10H2,1-2H3. The number of rotatable bonds is 8. The van der Waals surface area contributed by atoms with Gasteiger partial charge in [0.25, 0.3) is 0 Å². The van der Waals surface area contributed by atoms with Gasteiger partial charge in [0, 0.05) is 19.5 Å². The highest BCUT2D eigenvalue weighted by Crippen LogP contribution is 2.27. The zero-order valence-electron chi connectivity index (χ0n) is 11.2. The topological polar surface area (TPSA) is 63.7 Å². The highest BCUT2D eigenvalue weighted by Gasteiger charge is 2.26. The lowest BCUT2D eigenvalue weighted by Crippen LogP contribution is -2.38. The van der Waals surface area contributed by atoms with E-state index >= 15 is 0 Å². The van der Waals surface area contributed by atoms with E-state index in [0.29, 0.717) is 25.4 Å². The van der Waals surface area contributed by atoms with Crippen LogP contribution < -0.4 is 0 Å². The number of methoxy groups -OCH3 is 1. The first kappa shape index (κ1) is 15.4. The van der Waals surface area contributed by atoms with E-state index in [1.165, 1.54) is 13.5 Å². The van der Waals surface area contributed by atoms with Crippen LogP contribution in [-0.4, -0.2) is 44.6 Å². The Morgan fingerprint density at radius 3 is 2.50 bits per heavy atom. The Labute approximate surface area is 110 Å². The monoisotopic (exact) mass is 277 g/mol. The summed E-state index contributed by atoms with van der Waals surface area (Å²) in [6.45, 7) is 3.00. The second kappa shape index (κ2) is 7.09. The smallest absolute Gasteiger partial charge is 0.305 e. The molecule has 1 aliphatic carbocycles. The van der Waals surface area contributed by atoms with E-state index in [2.05, 4.69) is 4.74 Å². The molecule has 106 valence electrons. The molecule has 5 nitrogen and oxygen atoms in total. The molecule has 0 heterocycles. The largest absolute Gasteiger partial charge is 0.469 e. The molecule has 1 saturated carbocycles. The van der Waals surface area contributed by atoms with Crippen molar-refractivity contribution in [3.8, 4) is 0 Å². The molecule has 18 heavy (non-hydrogen) atoms. The summed E-state index contributed by atoms with van der Waals surface area (Å²) in [5, 5.41) is 0. The normalized spacial score (nSPS) is 16.6. The lowest BCUT2D eigenvalue weighted by molar-refractivity contribution is -0.140. The highest BCUT2D eigenvalue weighted by atomic mass is 32.2. The Hall–Kier alpha value is -0.620. The third-order valence-electron chi connectivity index (χ3n) is 3.44. The lowest BCUT2D eigenvalue weighted by atomic mass is 9.85. The summed E-state index contributed by atoms with van der Waals surface area (Å²) in [6.07, 6.45) is 3.97. The fourth-order valence-corrected chi connectivity index (χ4v) is 3.63. The predicted octanol–water partition coefficient (Wildman–Crippen LogP) is 1.39. The Morgan fingerprint density at radius 2 is 2.06 bits per heavy atom. The first-order valence-electron chi connectivity index (χ1n) is 6.54. The van der Waals surface area contributed by atoms with Crippen molar-refractivity contribution in [2.75, 3.05) is 26.0 Å². The van der Waals surface area contributed by atoms with Gasteiger partial charge in [-0.1, -0.05) is 13.3 Å². The quantitative estimate of drug-likeness (QED) is 0.629. The van der Waals surface area contributed by atoms with E-state index in [-0.39, 0.29) is 18.1 Å². The first-order valence-corrected chi connectivity index (χ1v) is 8.15. The van der Waals surface area contributed by atoms with E-state index in [4.69, 9.17) is 0 Å². The molecule has 0 amide bonds. The van der Waals surface area contributed by atoms with Gasteiger partial charge in [0.05, 0.1) is 12.9 Å². The van der Waals surface area contributed by atoms with Crippen molar-refractivity contribution in [3.05, 3.63) is 0 Å². The SMILES string of the molecule is CCN(CC1CCC1)S(=O)(=O)CCCC(=O)OC. The van der Waals surface area contributed by atoms with Crippen LogP contribution in [0.1, 0.15) is 39.0 Å². The summed E-state index contributed by atoms with van der Waals surface area (Å²) >= 11 is 0. The average molecular weight is 277 g/mol. The molecular formula is C12H23NO4S. The number of esters is 1. The van der Waals surface area contributed by atoms with Crippen LogP contribution in [-0.2, 0) is 19.6 Å². The van der Waals surface area contributed by atoms with Crippen molar-refractivity contribution in [2.24, 2.45) is 5.92 Å². The number of hydrogen-bond acceptors (Lipinski definition) is 4. The minimum absolute atomic E-state index is 0.0304. The van der Waals surface area contributed by atoms with E-state index in [1.807, 2.05) is 6.92 Å². The number of sulfonamides is 1. The van der Waals surface area contributed by atoms with Gasteiger partial charge in [0.2, 0.25) is 10.0 Å². The van der Waals surface area contributed by atoms with Crippen molar-refractivity contribution < 1.29 is 17.9 Å². The number of ether oxygens (including phenoxy) is 1. The summed E-state index contributed by atoms with van der Waals surface area (Å²) in [5.41, 5.74) is 0. The maximum Gasteiger partial charge on any atom is 0.305 e. The highest BCUT2D eigenvalue weighted by molar-refractivity contribution is 7.89. The molecule has 1 fully saturated rings. The maximum absolute atomic E-state index is 12.1. The van der Waals surface area contributed by atoms with Crippen LogP contribution in [0.2, 0.25) is 0 Å². The molecule has 0 aromatic rings. The van der Waals surface area contributed by atoms with Crippen molar-refractivity contribution in [1.82, 2.24) is 4.31 Å². The molecule has 0 saturated heterocycles. The van der Waals surface area contributed by atoms with Gasteiger partial charge in [-0.05, 0) is 25.2 Å². The molecule has 0 aromatic carbocycles. The predicted molar refractivity (Wildman–Crippen MR) is 69.6 cm³/mol. The summed E-state index contributed by atoms with van der Waals surface area (Å²) in [4.78, 5) is 10.9. The second-order valence-corrected chi connectivity index (χ2v) is 6.83. The third kappa shape index (κ3) is 4.57. The Balaban J connectivity index is 2.40. The van der Waals surface area contributed by atoms with Gasteiger partial charge in [-0.25, -0.2) is 12.7 Å². The second-order valence-electron chi connectivity index (χ2n) is 4.74. The third-order valence-corrected chi connectivity index (χ3v) is 5.44. The minimum atomic E-state index is -3.22. The first-order chi connectivity index (χ1) is 8.49. The summed E-state index contributed by atoms with van der Waals surface area (Å²) in [7, 11) is -1.91. The van der Waals surface area contributed by atoms with Gasteiger partial charge < -0.3 is 4.74 Å². The van der Waals surface area contributed by atoms with Crippen LogP contribution in [0.5, 0.6) is 0 Å². The zero-order chi connectivity index (χ0) is 13.6. The Bertz CT molecular complexity index is 362. The van der Waals surface area contributed by atoms with Crippen LogP contribution >= 0.6 is 0 Å². The van der Waals surface area contributed by atoms with Crippen LogP contribution in [0, 0.1) is 5.92 Å². The zero-order valence-corrected chi connectivity index (χ0v) is 12.0. The Kier molecular flexibility index (Phi) is 6.08. The Morgan fingerprint density at radius 1 is 1.39 bits per heavy atom. The number of nitrogens with zero attached hydrogens (tertiary/aromatic N) is 1. The lowest BCUT2D eigenvalue weighted by Gasteiger charge is -2.31. The molecule has 0 atom stereocenters. The summed E-state index contributed by atoms with van der Waals surface area (Å²) in [6, 6.07) is 0. The van der Waals surface area contributed by atoms with Crippen LogP contribution in [0.4, 0.5) is 0 Å². The molecule has 0 aliphatic heterocycles. The van der Waals surface area contributed by atoms with Crippen molar-refractivity contribution in [1.29, 1.82) is 0 Å². The van der Waals surface area contributed by atoms with E-state index in [0.717, 1.165) is 12.8 Å². The van der Waals surface area contributed by atoms with Crippen molar-refractivity contribution in [2.45, 2.75) is 39.0 Å². The molecule has 1 rings (SSSR count). The number of hydrogen-bond donors (Lipinski definition) is 0. The molecular weight excluding hydrogens is 254 g/mol. The van der Waals surface area contributed by atoms with E-state index < -0.39 is 10.0 Å². The average Bonchev–Trinajstić information content (AvgIpc) is 2.26. The molecule has 1 aliphatic rings. The molecule has 0 N–H and O–H groups in total. The van der Waals surface area contributed by atoms with Gasteiger partial charge in [-0.15, -0.1) is 0 Å². The molecule has 0 bridgehead atoms. The van der Waals surface area contributed by atoms with E-state index in [1.54, 1.807) is 4.31 Å². The van der Waals surface area contributed by atoms with Crippen molar-refractivity contribution >= 4 is 16.0 Å². The van der Waals surface area contributed by atoms with Crippen molar-refractivity contribution in [3.63, 3.8) is 0 Å². The van der Waals surface area contributed by atoms with Crippen LogP contribution in [0.15, 0.2) is 0 Å². The maximum atomic E-state index is 12.1. The fraction of sp³-hybridized carbons (Fsp3) is 0.917. The number of carbonyl (C=O) groups excluding carboxylic acids is 1. The van der Waals surface area contributed by atoms with E-state index in [9.17, 15) is 13.2 Å². The van der Waals surface area contributed by atoms with Gasteiger partial charge >= 0.3 is 5.97 Å². The van der Waals surface area contributed by atoms with Crippen LogP contribution in [0.25, 0.3) is 0 Å².